The lowest BCUT2D eigenvalue weighted by Gasteiger charge is -2.40. The Morgan fingerprint density at radius 3 is 1.23 bits per heavy atom. The fourth-order valence-corrected chi connectivity index (χ4v) is 9.48. The van der Waals surface area contributed by atoms with Crippen LogP contribution in [0.5, 0.6) is 0 Å². The number of ether oxygens (including phenoxy) is 5. The quantitative estimate of drug-likeness (QED) is 0.0228. The monoisotopic (exact) mass is 1140 g/mol. The highest BCUT2D eigenvalue weighted by Crippen LogP contribution is 2.27. The number of rotatable bonds is 55. The van der Waals surface area contributed by atoms with Gasteiger partial charge in [0.15, 0.2) is 24.6 Å². The molecule has 3 N–H and O–H groups in total. The van der Waals surface area contributed by atoms with E-state index in [1.165, 1.54) is 103 Å². The number of hydrogen-bond acceptors (Lipinski definition) is 11. The Balaban J connectivity index is 2.68. The minimum absolute atomic E-state index is 0.0549. The maximum atomic E-state index is 13.2. The number of aliphatic hydroxyl groups is 2. The van der Waals surface area contributed by atoms with Crippen LogP contribution in [0.2, 0.25) is 0 Å². The molecule has 12 heteroatoms. The summed E-state index contributed by atoms with van der Waals surface area (Å²) in [7, 11) is 0. The molecule has 0 aromatic rings. The number of carboxylic acids is 1. The van der Waals surface area contributed by atoms with Crippen LogP contribution >= 0.6 is 0 Å². The van der Waals surface area contributed by atoms with Gasteiger partial charge in [-0.1, -0.05) is 247 Å². The molecule has 0 saturated carbocycles. The highest BCUT2D eigenvalue weighted by Gasteiger charge is 2.50. The van der Waals surface area contributed by atoms with Gasteiger partial charge in [-0.3, -0.25) is 14.4 Å². The van der Waals surface area contributed by atoms with Crippen molar-refractivity contribution in [2.45, 2.75) is 314 Å². The molecule has 0 aliphatic carbocycles. The second-order valence-electron chi connectivity index (χ2n) is 22.0. The van der Waals surface area contributed by atoms with Crippen LogP contribution in [0.4, 0.5) is 0 Å². The van der Waals surface area contributed by atoms with Crippen molar-refractivity contribution in [1.29, 1.82) is 0 Å². The van der Waals surface area contributed by atoms with E-state index < -0.39 is 67.3 Å². The standard InChI is InChI=1S/C69H116O12/c1-4-7-10-13-16-19-22-25-28-30-31-33-35-37-40-43-46-49-52-55-61(70)77-58-60(79-62(71)56-53-50-47-44-41-38-34-27-24-21-18-15-12-9-6-3)59-78-69-67(65(74)64(73)66(81-69)68(75)76)80-63(72)57-54-51-48-45-42-39-36-32-29-26-23-20-17-14-11-8-5-2/h9,12,16,18-19,21,25,27-28,31,33-34,41,44,60,64-67,69,73-74H,4-8,10-11,13-15,17,20,22-24,26,29-30,32,35-40,42-43,45-59H2,1-3H3,(H,75,76)/b12-9-,19-16-,21-18-,28-25-,33-31-,34-27-,44-41-. The summed E-state index contributed by atoms with van der Waals surface area (Å²) < 4.78 is 28.5. The SMILES string of the molecule is CC/C=C\C/C=C\C/C=C\C/C=C\CCCCC(=O)OC(COC(=O)CCCCCCCC/C=C\C/C=C\C/C=C\CCCCC)COC1OC(C(=O)O)C(O)C(O)C1OC(=O)CCCCCCCCCCCCCCCCCCC. The molecular formula is C69H116O12. The summed E-state index contributed by atoms with van der Waals surface area (Å²) in [5, 5.41) is 31.6. The minimum atomic E-state index is -1.91. The first-order valence-electron chi connectivity index (χ1n) is 32.6. The molecule has 0 amide bonds. The number of allylic oxidation sites excluding steroid dienone is 14. The maximum Gasteiger partial charge on any atom is 0.335 e. The largest absolute Gasteiger partial charge is 0.479 e. The van der Waals surface area contributed by atoms with Gasteiger partial charge < -0.3 is 39.0 Å². The van der Waals surface area contributed by atoms with Crippen LogP contribution < -0.4 is 0 Å². The number of unbranched alkanes of at least 4 members (excludes halogenated alkanes) is 27. The third-order valence-electron chi connectivity index (χ3n) is 14.5. The van der Waals surface area contributed by atoms with Gasteiger partial charge in [0.25, 0.3) is 0 Å². The van der Waals surface area contributed by atoms with E-state index in [1.54, 1.807) is 0 Å². The molecule has 6 unspecified atom stereocenters. The second kappa shape index (κ2) is 56.4. The molecule has 0 aromatic carbocycles. The average Bonchev–Trinajstić information content (AvgIpc) is 3.53. The minimum Gasteiger partial charge on any atom is -0.479 e. The molecule has 0 aromatic heterocycles. The lowest BCUT2D eigenvalue weighted by atomic mass is 9.98. The molecule has 0 radical (unpaired) electrons. The fourth-order valence-electron chi connectivity index (χ4n) is 9.48. The van der Waals surface area contributed by atoms with Crippen molar-refractivity contribution in [3.05, 3.63) is 85.1 Å². The molecule has 0 bridgehead atoms. The molecule has 1 fully saturated rings. The molecule has 1 rings (SSSR count). The van der Waals surface area contributed by atoms with Gasteiger partial charge in [-0.2, -0.15) is 0 Å². The molecule has 1 aliphatic heterocycles. The summed E-state index contributed by atoms with van der Waals surface area (Å²) in [6.45, 7) is 5.84. The van der Waals surface area contributed by atoms with Gasteiger partial charge in [0.1, 0.15) is 18.8 Å². The first-order valence-corrected chi connectivity index (χ1v) is 32.6. The number of carbonyl (C=O) groups excluding carboxylic acids is 3. The zero-order valence-corrected chi connectivity index (χ0v) is 51.3. The van der Waals surface area contributed by atoms with Crippen molar-refractivity contribution >= 4 is 23.9 Å². The van der Waals surface area contributed by atoms with Crippen LogP contribution in [-0.2, 0) is 42.9 Å². The second-order valence-corrected chi connectivity index (χ2v) is 22.0. The van der Waals surface area contributed by atoms with Gasteiger partial charge in [0.05, 0.1) is 6.61 Å². The summed E-state index contributed by atoms with van der Waals surface area (Å²) in [5.74, 6) is -3.18. The maximum absolute atomic E-state index is 13.2. The molecule has 464 valence electrons. The number of carboxylic acid groups (broad SMARTS) is 1. The fraction of sp³-hybridized carbons (Fsp3) is 0.739. The van der Waals surface area contributed by atoms with Gasteiger partial charge in [-0.25, -0.2) is 4.79 Å². The molecular weight excluding hydrogens is 1020 g/mol. The predicted molar refractivity (Wildman–Crippen MR) is 331 cm³/mol. The normalized spacial score (nSPS) is 18.3. The van der Waals surface area contributed by atoms with E-state index in [9.17, 15) is 34.5 Å². The number of hydrogen-bond donors (Lipinski definition) is 3. The summed E-state index contributed by atoms with van der Waals surface area (Å²) in [6, 6.07) is 0. The third kappa shape index (κ3) is 46.0. The van der Waals surface area contributed by atoms with Crippen LogP contribution in [-0.4, -0.2) is 89.2 Å². The van der Waals surface area contributed by atoms with Gasteiger partial charge in [0, 0.05) is 19.3 Å². The van der Waals surface area contributed by atoms with Crippen molar-refractivity contribution in [2.75, 3.05) is 13.2 Å². The lowest BCUT2D eigenvalue weighted by Crippen LogP contribution is -2.61. The van der Waals surface area contributed by atoms with Crippen LogP contribution in [0.15, 0.2) is 85.1 Å². The predicted octanol–water partition coefficient (Wildman–Crippen LogP) is 17.5. The van der Waals surface area contributed by atoms with Crippen LogP contribution in [0.1, 0.15) is 278 Å². The Morgan fingerprint density at radius 1 is 0.420 bits per heavy atom. The van der Waals surface area contributed by atoms with Crippen molar-refractivity contribution < 1.29 is 58.2 Å². The summed E-state index contributed by atoms with van der Waals surface area (Å²) in [6.07, 6.45) is 61.1. The van der Waals surface area contributed by atoms with Crippen molar-refractivity contribution in [1.82, 2.24) is 0 Å². The third-order valence-corrected chi connectivity index (χ3v) is 14.5. The number of aliphatic hydroxyl groups excluding tert-OH is 2. The topological polar surface area (TPSA) is 175 Å². The highest BCUT2D eigenvalue weighted by molar-refractivity contribution is 5.74. The van der Waals surface area contributed by atoms with Gasteiger partial charge in [-0.05, 0) is 96.3 Å². The van der Waals surface area contributed by atoms with E-state index in [1.807, 2.05) is 0 Å². The molecule has 1 aliphatic rings. The van der Waals surface area contributed by atoms with E-state index in [4.69, 9.17) is 23.7 Å². The Hall–Kier alpha value is -4.10. The highest BCUT2D eigenvalue weighted by atomic mass is 16.7. The number of aliphatic carboxylic acids is 1. The molecule has 1 heterocycles. The van der Waals surface area contributed by atoms with Crippen LogP contribution in [0.3, 0.4) is 0 Å². The summed E-state index contributed by atoms with van der Waals surface area (Å²) in [4.78, 5) is 51.3. The number of carbonyl (C=O) groups is 4. The van der Waals surface area contributed by atoms with Crippen molar-refractivity contribution in [3.63, 3.8) is 0 Å². The molecule has 0 spiro atoms. The Kier molecular flexibility index (Phi) is 52.1. The number of esters is 3. The Bertz CT molecular complexity index is 1730. The van der Waals surface area contributed by atoms with E-state index in [0.29, 0.717) is 19.3 Å². The first-order chi connectivity index (χ1) is 39.6. The van der Waals surface area contributed by atoms with Gasteiger partial charge in [0.2, 0.25) is 0 Å². The van der Waals surface area contributed by atoms with Gasteiger partial charge >= 0.3 is 23.9 Å². The lowest BCUT2D eigenvalue weighted by molar-refractivity contribution is -0.301. The Labute approximate surface area is 492 Å². The van der Waals surface area contributed by atoms with Crippen LogP contribution in [0.25, 0.3) is 0 Å². The van der Waals surface area contributed by atoms with E-state index in [-0.39, 0.29) is 25.9 Å². The van der Waals surface area contributed by atoms with E-state index >= 15 is 0 Å². The average molecular weight is 1140 g/mol. The van der Waals surface area contributed by atoms with E-state index in [0.717, 1.165) is 116 Å². The summed E-state index contributed by atoms with van der Waals surface area (Å²) >= 11 is 0. The molecule has 1 saturated heterocycles. The van der Waals surface area contributed by atoms with Crippen LogP contribution in [0, 0.1) is 0 Å². The first kappa shape index (κ1) is 74.9. The molecule has 81 heavy (non-hydrogen) atoms. The molecule has 12 nitrogen and oxygen atoms in total. The molecule has 6 atom stereocenters. The van der Waals surface area contributed by atoms with Crippen molar-refractivity contribution in [2.24, 2.45) is 0 Å². The Morgan fingerprint density at radius 2 is 0.778 bits per heavy atom. The van der Waals surface area contributed by atoms with Crippen molar-refractivity contribution in [3.8, 4) is 0 Å². The zero-order valence-electron chi connectivity index (χ0n) is 51.3. The zero-order chi connectivity index (χ0) is 58.9. The smallest absolute Gasteiger partial charge is 0.335 e. The van der Waals surface area contributed by atoms with Gasteiger partial charge in [-0.15, -0.1) is 0 Å². The summed E-state index contributed by atoms with van der Waals surface area (Å²) in [5.41, 5.74) is 0. The van der Waals surface area contributed by atoms with E-state index in [2.05, 4.69) is 106 Å².